The van der Waals surface area contributed by atoms with Gasteiger partial charge in [0.15, 0.2) is 15.6 Å². The van der Waals surface area contributed by atoms with Crippen LogP contribution in [0.25, 0.3) is 0 Å². The fourth-order valence-corrected chi connectivity index (χ4v) is 3.29. The summed E-state index contributed by atoms with van der Waals surface area (Å²) in [4.78, 5) is 12.0. The van der Waals surface area contributed by atoms with Crippen molar-refractivity contribution in [1.29, 1.82) is 0 Å². The Hall–Kier alpha value is -2.08. The van der Waals surface area contributed by atoms with E-state index in [0.29, 0.717) is 5.56 Å². The number of benzene rings is 1. The number of hydrogen-bond acceptors (Lipinski definition) is 4. The van der Waals surface area contributed by atoms with Gasteiger partial charge in [-0.15, -0.1) is 0 Å². The van der Waals surface area contributed by atoms with Crippen LogP contribution >= 0.6 is 0 Å². The van der Waals surface area contributed by atoms with E-state index in [1.165, 1.54) is 13.2 Å². The standard InChI is InChI=1S/C14H15NO4S/c1-15-8-7-11(9-15)12(16)10-20(17,18)14-6-4-3-5-13(14)19-2/h3-9H,10H2,1-2H3. The zero-order valence-corrected chi connectivity index (χ0v) is 12.1. The van der Waals surface area contributed by atoms with Gasteiger partial charge in [-0.3, -0.25) is 4.79 Å². The molecule has 2 rings (SSSR count). The van der Waals surface area contributed by atoms with E-state index in [4.69, 9.17) is 4.74 Å². The lowest BCUT2D eigenvalue weighted by molar-refractivity contribution is 0.102. The van der Waals surface area contributed by atoms with E-state index in [9.17, 15) is 13.2 Å². The number of carbonyl (C=O) groups is 1. The van der Waals surface area contributed by atoms with Gasteiger partial charge >= 0.3 is 0 Å². The first-order valence-corrected chi connectivity index (χ1v) is 7.60. The molecule has 0 N–H and O–H groups in total. The first-order chi connectivity index (χ1) is 9.44. The van der Waals surface area contributed by atoms with Gasteiger partial charge in [-0.1, -0.05) is 12.1 Å². The average molecular weight is 293 g/mol. The SMILES string of the molecule is COc1ccccc1S(=O)(=O)CC(=O)c1ccn(C)c1. The topological polar surface area (TPSA) is 65.4 Å². The van der Waals surface area contributed by atoms with Crippen molar-refractivity contribution in [2.24, 2.45) is 7.05 Å². The van der Waals surface area contributed by atoms with Crippen LogP contribution < -0.4 is 4.74 Å². The first-order valence-electron chi connectivity index (χ1n) is 5.95. The van der Waals surface area contributed by atoms with Crippen LogP contribution in [0.15, 0.2) is 47.6 Å². The Morgan fingerprint density at radius 1 is 1.25 bits per heavy atom. The monoisotopic (exact) mass is 293 g/mol. The highest BCUT2D eigenvalue weighted by Crippen LogP contribution is 2.24. The number of nitrogens with zero attached hydrogens (tertiary/aromatic N) is 1. The van der Waals surface area contributed by atoms with Crippen LogP contribution in [0.2, 0.25) is 0 Å². The zero-order valence-electron chi connectivity index (χ0n) is 11.2. The minimum atomic E-state index is -3.72. The van der Waals surface area contributed by atoms with Gasteiger partial charge in [-0.25, -0.2) is 8.42 Å². The summed E-state index contributed by atoms with van der Waals surface area (Å²) in [6, 6.07) is 7.87. The largest absolute Gasteiger partial charge is 0.495 e. The lowest BCUT2D eigenvalue weighted by atomic mass is 10.2. The summed E-state index contributed by atoms with van der Waals surface area (Å²) in [5, 5.41) is 0. The Bertz CT molecular complexity index is 731. The molecule has 1 aromatic carbocycles. The van der Waals surface area contributed by atoms with Crippen molar-refractivity contribution in [2.45, 2.75) is 4.90 Å². The zero-order chi connectivity index (χ0) is 14.8. The van der Waals surface area contributed by atoms with E-state index in [0.717, 1.165) is 0 Å². The number of ether oxygens (including phenoxy) is 1. The van der Waals surface area contributed by atoms with Crippen LogP contribution in [-0.2, 0) is 16.9 Å². The van der Waals surface area contributed by atoms with Gasteiger partial charge in [0.25, 0.3) is 0 Å². The average Bonchev–Trinajstić information content (AvgIpc) is 2.85. The van der Waals surface area contributed by atoms with Crippen LogP contribution in [0.3, 0.4) is 0 Å². The molecular weight excluding hydrogens is 278 g/mol. The molecule has 1 aromatic heterocycles. The molecule has 0 fully saturated rings. The lowest BCUT2D eigenvalue weighted by Crippen LogP contribution is -2.16. The van der Waals surface area contributed by atoms with Gasteiger partial charge < -0.3 is 9.30 Å². The molecule has 20 heavy (non-hydrogen) atoms. The smallest absolute Gasteiger partial charge is 0.189 e. The maximum Gasteiger partial charge on any atom is 0.189 e. The lowest BCUT2D eigenvalue weighted by Gasteiger charge is -2.08. The van der Waals surface area contributed by atoms with E-state index in [2.05, 4.69) is 0 Å². The second-order valence-corrected chi connectivity index (χ2v) is 6.36. The fraction of sp³-hybridized carbons (Fsp3) is 0.214. The van der Waals surface area contributed by atoms with Crippen molar-refractivity contribution in [3.8, 4) is 5.75 Å². The summed E-state index contributed by atoms with van der Waals surface area (Å²) in [5.41, 5.74) is 0.381. The van der Waals surface area contributed by atoms with Crippen LogP contribution in [0.5, 0.6) is 5.75 Å². The molecule has 0 saturated carbocycles. The summed E-state index contributed by atoms with van der Waals surface area (Å²) in [6.45, 7) is 0. The number of ketones is 1. The second-order valence-electron chi connectivity index (χ2n) is 4.40. The highest BCUT2D eigenvalue weighted by Gasteiger charge is 2.23. The van der Waals surface area contributed by atoms with Gasteiger partial charge in [-0.2, -0.15) is 0 Å². The van der Waals surface area contributed by atoms with E-state index in [1.807, 2.05) is 0 Å². The third-order valence-electron chi connectivity index (χ3n) is 2.88. The Kier molecular flexibility index (Phi) is 3.94. The van der Waals surface area contributed by atoms with E-state index >= 15 is 0 Å². The summed E-state index contributed by atoms with van der Waals surface area (Å²) >= 11 is 0. The van der Waals surface area contributed by atoms with Crippen molar-refractivity contribution < 1.29 is 17.9 Å². The van der Waals surface area contributed by atoms with Gasteiger partial charge in [0.1, 0.15) is 16.4 Å². The molecule has 5 nitrogen and oxygen atoms in total. The Morgan fingerprint density at radius 3 is 2.55 bits per heavy atom. The second kappa shape index (κ2) is 5.50. The molecule has 0 amide bonds. The minimum Gasteiger partial charge on any atom is -0.495 e. The van der Waals surface area contributed by atoms with Crippen LogP contribution in [0, 0.1) is 0 Å². The molecular formula is C14H15NO4S. The van der Waals surface area contributed by atoms with Crippen LogP contribution in [0.1, 0.15) is 10.4 Å². The Labute approximate surface area is 117 Å². The molecule has 0 aliphatic rings. The molecule has 0 bridgehead atoms. The number of para-hydroxylation sites is 1. The summed E-state index contributed by atoms with van der Waals surface area (Å²) in [6.07, 6.45) is 3.29. The highest BCUT2D eigenvalue weighted by molar-refractivity contribution is 7.92. The van der Waals surface area contributed by atoms with E-state index in [-0.39, 0.29) is 10.6 Å². The number of sulfone groups is 1. The van der Waals surface area contributed by atoms with Crippen molar-refractivity contribution in [3.63, 3.8) is 0 Å². The summed E-state index contributed by atoms with van der Waals surface area (Å²) < 4.78 is 31.3. The molecule has 1 heterocycles. The third kappa shape index (κ3) is 2.91. The molecule has 0 unspecified atom stereocenters. The summed E-state index contributed by atoms with van der Waals surface area (Å²) in [5.74, 6) is -0.762. The van der Waals surface area contributed by atoms with Crippen molar-refractivity contribution in [1.82, 2.24) is 4.57 Å². The molecule has 0 aliphatic carbocycles. The van der Waals surface area contributed by atoms with Gasteiger partial charge in [-0.05, 0) is 18.2 Å². The molecule has 106 valence electrons. The minimum absolute atomic E-state index is 0.0341. The third-order valence-corrected chi connectivity index (χ3v) is 4.53. The van der Waals surface area contributed by atoms with Gasteiger partial charge in [0.2, 0.25) is 0 Å². The number of methoxy groups -OCH3 is 1. The van der Waals surface area contributed by atoms with Crippen molar-refractivity contribution in [2.75, 3.05) is 12.9 Å². The van der Waals surface area contributed by atoms with Gasteiger partial charge in [0, 0.05) is 25.0 Å². The number of Topliss-reactive ketones (excluding diaryl/α,β-unsaturated/α-hetero) is 1. The van der Waals surface area contributed by atoms with Crippen LogP contribution in [0.4, 0.5) is 0 Å². The van der Waals surface area contributed by atoms with E-state index in [1.54, 1.807) is 48.3 Å². The number of carbonyl (C=O) groups excluding carboxylic acids is 1. The first kappa shape index (κ1) is 14.3. The number of aryl methyl sites for hydroxylation is 1. The van der Waals surface area contributed by atoms with Crippen LogP contribution in [-0.4, -0.2) is 31.6 Å². The Balaban J connectivity index is 2.30. The molecule has 6 heteroatoms. The molecule has 0 atom stereocenters. The van der Waals surface area contributed by atoms with Crippen molar-refractivity contribution in [3.05, 3.63) is 48.3 Å². The number of hydrogen-bond donors (Lipinski definition) is 0. The molecule has 0 spiro atoms. The Morgan fingerprint density at radius 2 is 1.95 bits per heavy atom. The van der Waals surface area contributed by atoms with Crippen molar-refractivity contribution >= 4 is 15.6 Å². The fourth-order valence-electron chi connectivity index (χ4n) is 1.88. The highest BCUT2D eigenvalue weighted by atomic mass is 32.2. The molecule has 2 aromatic rings. The quantitative estimate of drug-likeness (QED) is 0.787. The molecule has 0 saturated heterocycles. The molecule has 0 aliphatic heterocycles. The maximum atomic E-state index is 12.3. The number of rotatable bonds is 5. The van der Waals surface area contributed by atoms with Gasteiger partial charge in [0.05, 0.1) is 7.11 Å². The predicted octanol–water partition coefficient (Wildman–Crippen LogP) is 1.69. The summed E-state index contributed by atoms with van der Waals surface area (Å²) in [7, 11) is -0.559. The number of aromatic nitrogens is 1. The predicted molar refractivity (Wildman–Crippen MR) is 74.8 cm³/mol. The maximum absolute atomic E-state index is 12.3. The molecule has 0 radical (unpaired) electrons. The van der Waals surface area contributed by atoms with E-state index < -0.39 is 21.4 Å². The normalized spacial score (nSPS) is 11.3.